The van der Waals surface area contributed by atoms with Crippen LogP contribution in [0.2, 0.25) is 0 Å². The molecule has 9 nitrogen and oxygen atoms in total. The van der Waals surface area contributed by atoms with Gasteiger partial charge in [-0.15, -0.1) is 0 Å². The highest BCUT2D eigenvalue weighted by Crippen LogP contribution is 2.27. The van der Waals surface area contributed by atoms with Gasteiger partial charge in [-0.3, -0.25) is 19.9 Å². The number of nitriles is 1. The predicted molar refractivity (Wildman–Crippen MR) is 67.2 cm³/mol. The number of nitro benzene ring substituents is 1. The summed E-state index contributed by atoms with van der Waals surface area (Å²) >= 11 is 0. The van der Waals surface area contributed by atoms with Gasteiger partial charge in [0, 0.05) is 12.3 Å². The van der Waals surface area contributed by atoms with Crippen molar-refractivity contribution in [2.24, 2.45) is 0 Å². The van der Waals surface area contributed by atoms with Gasteiger partial charge in [0.25, 0.3) is 15.7 Å². The Morgan fingerprint density at radius 3 is 2.75 bits per heavy atom. The number of anilines is 1. The van der Waals surface area contributed by atoms with Crippen LogP contribution in [0.4, 0.5) is 11.4 Å². The monoisotopic (exact) mass is 293 g/mol. The molecule has 0 bridgehead atoms. The lowest BCUT2D eigenvalue weighted by Gasteiger charge is -2.06. The Hall–Kier alpha value is -2.93. The summed E-state index contributed by atoms with van der Waals surface area (Å²) in [5.74, 6) is 0. The lowest BCUT2D eigenvalue weighted by molar-refractivity contribution is -0.383. The van der Waals surface area contributed by atoms with Crippen molar-refractivity contribution < 1.29 is 13.3 Å². The Morgan fingerprint density at radius 2 is 2.20 bits per heavy atom. The van der Waals surface area contributed by atoms with Crippen LogP contribution < -0.4 is 4.72 Å². The van der Waals surface area contributed by atoms with E-state index in [0.29, 0.717) is 0 Å². The van der Waals surface area contributed by atoms with Gasteiger partial charge in [0.2, 0.25) is 0 Å². The zero-order chi connectivity index (χ0) is 14.8. The molecule has 1 aromatic carbocycles. The summed E-state index contributed by atoms with van der Waals surface area (Å²) in [6, 6.07) is 5.18. The minimum absolute atomic E-state index is 0.0583. The molecule has 0 unspecified atom stereocenters. The molecular weight excluding hydrogens is 286 g/mol. The molecule has 0 saturated carbocycles. The van der Waals surface area contributed by atoms with Crippen LogP contribution in [0.15, 0.2) is 35.5 Å². The number of rotatable bonds is 4. The third-order valence-corrected chi connectivity index (χ3v) is 3.68. The maximum atomic E-state index is 11.9. The third-order valence-electron chi connectivity index (χ3n) is 2.35. The van der Waals surface area contributed by atoms with Crippen molar-refractivity contribution in [3.63, 3.8) is 0 Å². The molecule has 0 fully saturated rings. The molecule has 2 rings (SSSR count). The largest absolute Gasteiger partial charge is 0.294 e. The molecule has 10 heteroatoms. The number of aromatic amines is 1. The highest BCUT2D eigenvalue weighted by Gasteiger charge is 2.22. The van der Waals surface area contributed by atoms with E-state index in [0.717, 1.165) is 24.5 Å². The zero-order valence-electron chi connectivity index (χ0n) is 9.77. The molecule has 20 heavy (non-hydrogen) atoms. The second kappa shape index (κ2) is 4.98. The van der Waals surface area contributed by atoms with Gasteiger partial charge in [-0.2, -0.15) is 10.4 Å². The Morgan fingerprint density at radius 1 is 1.45 bits per heavy atom. The first kappa shape index (κ1) is 13.5. The second-order valence-electron chi connectivity index (χ2n) is 3.64. The van der Waals surface area contributed by atoms with Crippen molar-refractivity contribution in [1.82, 2.24) is 10.2 Å². The number of nitro groups is 1. The molecule has 0 aliphatic carbocycles. The van der Waals surface area contributed by atoms with Crippen molar-refractivity contribution in [2.75, 3.05) is 4.72 Å². The first-order valence-corrected chi connectivity index (χ1v) is 6.62. The molecular formula is C10H7N5O4S. The molecule has 0 aliphatic rings. The van der Waals surface area contributed by atoms with E-state index >= 15 is 0 Å². The average Bonchev–Trinajstić information content (AvgIpc) is 2.93. The van der Waals surface area contributed by atoms with Crippen LogP contribution in [0.1, 0.15) is 5.56 Å². The molecule has 0 radical (unpaired) electrons. The fourth-order valence-corrected chi connectivity index (χ4v) is 2.41. The lowest BCUT2D eigenvalue weighted by Crippen LogP contribution is -2.13. The van der Waals surface area contributed by atoms with Crippen LogP contribution in [0, 0.1) is 21.4 Å². The van der Waals surface area contributed by atoms with Crippen molar-refractivity contribution in [3.05, 3.63) is 46.3 Å². The van der Waals surface area contributed by atoms with Crippen molar-refractivity contribution >= 4 is 21.4 Å². The van der Waals surface area contributed by atoms with Crippen molar-refractivity contribution in [3.8, 4) is 6.07 Å². The number of benzene rings is 1. The topological polar surface area (TPSA) is 142 Å². The fourth-order valence-electron chi connectivity index (χ4n) is 1.43. The van der Waals surface area contributed by atoms with Gasteiger partial charge in [0.05, 0.1) is 22.8 Å². The van der Waals surface area contributed by atoms with Crippen LogP contribution in [-0.4, -0.2) is 23.5 Å². The summed E-state index contributed by atoms with van der Waals surface area (Å²) < 4.78 is 25.9. The van der Waals surface area contributed by atoms with Gasteiger partial charge in [-0.25, -0.2) is 8.42 Å². The second-order valence-corrected chi connectivity index (χ2v) is 5.32. The van der Waals surface area contributed by atoms with Gasteiger partial charge < -0.3 is 0 Å². The quantitative estimate of drug-likeness (QED) is 0.635. The number of sulfonamides is 1. The van der Waals surface area contributed by atoms with E-state index in [1.807, 2.05) is 0 Å². The van der Waals surface area contributed by atoms with Crippen LogP contribution >= 0.6 is 0 Å². The van der Waals surface area contributed by atoms with Gasteiger partial charge in [0.1, 0.15) is 10.6 Å². The average molecular weight is 293 g/mol. The number of nitrogens with one attached hydrogen (secondary N) is 2. The normalized spacial score (nSPS) is 10.8. The SMILES string of the molecule is N#Cc1ccc(NS(=O)(=O)c2cn[nH]c2)c([N+](=O)[O-])c1. The summed E-state index contributed by atoms with van der Waals surface area (Å²) in [6.45, 7) is 0. The van der Waals surface area contributed by atoms with Gasteiger partial charge in [-0.1, -0.05) is 0 Å². The van der Waals surface area contributed by atoms with Gasteiger partial charge in [0.15, 0.2) is 0 Å². The summed E-state index contributed by atoms with van der Waals surface area (Å²) in [4.78, 5) is 9.98. The molecule has 0 aliphatic heterocycles. The standard InChI is InChI=1S/C10H7N5O4S/c11-4-7-1-2-9(10(3-7)15(16)17)14-20(18,19)8-5-12-13-6-8/h1-3,5-6,14H,(H,12,13). The van der Waals surface area contributed by atoms with E-state index in [-0.39, 0.29) is 16.1 Å². The summed E-state index contributed by atoms with van der Waals surface area (Å²) in [5.41, 5.74) is -0.672. The Bertz CT molecular complexity index is 792. The number of hydrogen-bond acceptors (Lipinski definition) is 6. The van der Waals surface area contributed by atoms with E-state index in [4.69, 9.17) is 5.26 Å². The summed E-state index contributed by atoms with van der Waals surface area (Å²) in [7, 11) is -3.98. The first-order valence-electron chi connectivity index (χ1n) is 5.14. The highest BCUT2D eigenvalue weighted by molar-refractivity contribution is 7.92. The summed E-state index contributed by atoms with van der Waals surface area (Å²) in [6.07, 6.45) is 2.20. The van der Waals surface area contributed by atoms with Crippen molar-refractivity contribution in [1.29, 1.82) is 5.26 Å². The molecule has 0 spiro atoms. The first-order chi connectivity index (χ1) is 9.44. The summed E-state index contributed by atoms with van der Waals surface area (Å²) in [5, 5.41) is 25.4. The van der Waals surface area contributed by atoms with E-state index in [9.17, 15) is 18.5 Å². The molecule has 0 atom stereocenters. The Balaban J connectivity index is 2.45. The smallest absolute Gasteiger partial charge is 0.284 e. The van der Waals surface area contributed by atoms with E-state index in [1.165, 1.54) is 6.07 Å². The maximum absolute atomic E-state index is 11.9. The zero-order valence-corrected chi connectivity index (χ0v) is 10.6. The van der Waals surface area contributed by atoms with E-state index in [1.54, 1.807) is 6.07 Å². The minimum atomic E-state index is -3.98. The maximum Gasteiger partial charge on any atom is 0.294 e. The van der Waals surface area contributed by atoms with Crippen molar-refractivity contribution in [2.45, 2.75) is 4.90 Å². The fraction of sp³-hybridized carbons (Fsp3) is 0. The van der Waals surface area contributed by atoms with Gasteiger partial charge in [-0.05, 0) is 12.1 Å². The third kappa shape index (κ3) is 2.57. The highest BCUT2D eigenvalue weighted by atomic mass is 32.2. The molecule has 102 valence electrons. The predicted octanol–water partition coefficient (Wildman–Crippen LogP) is 0.990. The Kier molecular flexibility index (Phi) is 3.36. The minimum Gasteiger partial charge on any atom is -0.284 e. The van der Waals surface area contributed by atoms with Crippen LogP contribution in [0.3, 0.4) is 0 Å². The number of hydrogen-bond donors (Lipinski definition) is 2. The van der Waals surface area contributed by atoms with Gasteiger partial charge >= 0.3 is 0 Å². The molecule has 0 amide bonds. The van der Waals surface area contributed by atoms with Crippen LogP contribution in [-0.2, 0) is 10.0 Å². The number of aromatic nitrogens is 2. The van der Waals surface area contributed by atoms with Crippen LogP contribution in [0.25, 0.3) is 0 Å². The lowest BCUT2D eigenvalue weighted by atomic mass is 10.2. The van der Waals surface area contributed by atoms with Crippen LogP contribution in [0.5, 0.6) is 0 Å². The molecule has 0 saturated heterocycles. The molecule has 2 aromatic rings. The molecule has 2 N–H and O–H groups in total. The molecule has 1 aromatic heterocycles. The Labute approximate surface area is 113 Å². The van der Waals surface area contributed by atoms with E-state index < -0.39 is 20.6 Å². The van der Waals surface area contributed by atoms with E-state index in [2.05, 4.69) is 14.9 Å². The number of H-pyrrole nitrogens is 1. The number of nitrogens with zero attached hydrogens (tertiary/aromatic N) is 3. The molecule has 1 heterocycles.